The number of halogens is 2. The molecule has 2 amide bonds. The minimum Gasteiger partial charge on any atom is -0.465 e. The van der Waals surface area contributed by atoms with E-state index in [2.05, 4.69) is 10.1 Å². The summed E-state index contributed by atoms with van der Waals surface area (Å²) in [6, 6.07) is 0.913. The molecule has 0 radical (unpaired) electrons. The zero-order chi connectivity index (χ0) is 18.6. The maximum atomic E-state index is 13.9. The minimum absolute atomic E-state index is 0.154. The fraction of sp³-hybridized carbons (Fsp3) is 0.500. The van der Waals surface area contributed by atoms with E-state index in [1.165, 1.54) is 4.90 Å². The van der Waals surface area contributed by atoms with Crippen LogP contribution in [0.5, 0.6) is 0 Å². The summed E-state index contributed by atoms with van der Waals surface area (Å²) in [7, 11) is 4.87. The van der Waals surface area contributed by atoms with Gasteiger partial charge in [-0.25, -0.2) is 18.4 Å². The molecule has 1 aliphatic heterocycles. The van der Waals surface area contributed by atoms with Crippen LogP contribution in [-0.2, 0) is 9.47 Å². The van der Waals surface area contributed by atoms with E-state index in [4.69, 9.17) is 4.74 Å². The molecule has 0 spiro atoms. The van der Waals surface area contributed by atoms with E-state index in [1.54, 1.807) is 0 Å². The summed E-state index contributed by atoms with van der Waals surface area (Å²) < 4.78 is 37.6. The van der Waals surface area contributed by atoms with Crippen LogP contribution in [0.3, 0.4) is 0 Å². The summed E-state index contributed by atoms with van der Waals surface area (Å²) in [5.74, 6) is -2.98. The van der Waals surface area contributed by atoms with Crippen molar-refractivity contribution in [2.45, 2.75) is 6.10 Å². The third-order valence-corrected chi connectivity index (χ3v) is 3.70. The van der Waals surface area contributed by atoms with Crippen molar-refractivity contribution in [3.63, 3.8) is 0 Å². The first-order chi connectivity index (χ1) is 11.8. The minimum atomic E-state index is -1.06. The Kier molecular flexibility index (Phi) is 6.27. The molecule has 0 aliphatic carbocycles. The van der Waals surface area contributed by atoms with Gasteiger partial charge in [0.1, 0.15) is 11.6 Å². The highest BCUT2D eigenvalue weighted by atomic mass is 19.1. The summed E-state index contributed by atoms with van der Waals surface area (Å²) in [6.45, 7) is 1.70. The molecule has 1 fully saturated rings. The van der Waals surface area contributed by atoms with Crippen molar-refractivity contribution < 1.29 is 27.8 Å². The molecule has 0 bridgehead atoms. The number of benzene rings is 1. The standard InChI is InChI=1S/C16H21F2N3O4/c1-20(2)8-10-9-21(4-5-25-10)16(23)19-14-6-11(15(22)24-3)12(17)7-13(14)18/h6-7,10H,4-5,8-9H2,1-3H3,(H,19,23)/t10-/m1/s1. The first-order valence-electron chi connectivity index (χ1n) is 7.71. The Labute approximate surface area is 144 Å². The molecule has 1 aromatic rings. The van der Waals surface area contributed by atoms with E-state index < -0.39 is 29.2 Å². The number of anilines is 1. The van der Waals surface area contributed by atoms with Gasteiger partial charge in [0.05, 0.1) is 31.1 Å². The third-order valence-electron chi connectivity index (χ3n) is 3.70. The van der Waals surface area contributed by atoms with Gasteiger partial charge in [0.15, 0.2) is 0 Å². The molecule has 0 unspecified atom stereocenters. The molecule has 7 nitrogen and oxygen atoms in total. The lowest BCUT2D eigenvalue weighted by Crippen LogP contribution is -2.50. The molecule has 138 valence electrons. The number of hydrogen-bond donors (Lipinski definition) is 1. The van der Waals surface area contributed by atoms with E-state index in [0.717, 1.165) is 13.2 Å². The Bertz CT molecular complexity index is 655. The second-order valence-electron chi connectivity index (χ2n) is 5.93. The van der Waals surface area contributed by atoms with Crippen molar-refractivity contribution in [2.24, 2.45) is 0 Å². The van der Waals surface area contributed by atoms with E-state index in [1.807, 2.05) is 19.0 Å². The summed E-state index contributed by atoms with van der Waals surface area (Å²) in [5.41, 5.74) is -0.742. The van der Waals surface area contributed by atoms with Gasteiger partial charge in [0.25, 0.3) is 0 Å². The lowest BCUT2D eigenvalue weighted by Gasteiger charge is -2.34. The second-order valence-corrected chi connectivity index (χ2v) is 5.93. The number of rotatable bonds is 4. The molecule has 1 aliphatic rings. The SMILES string of the molecule is COC(=O)c1cc(NC(=O)N2CCO[C@H](CN(C)C)C2)c(F)cc1F. The van der Waals surface area contributed by atoms with Gasteiger partial charge >= 0.3 is 12.0 Å². The van der Waals surface area contributed by atoms with Gasteiger partial charge in [-0.15, -0.1) is 0 Å². The first kappa shape index (κ1) is 19.1. The number of morpholine rings is 1. The van der Waals surface area contributed by atoms with Gasteiger partial charge in [0, 0.05) is 25.7 Å². The van der Waals surface area contributed by atoms with E-state index in [9.17, 15) is 18.4 Å². The molecule has 25 heavy (non-hydrogen) atoms. The molecule has 9 heteroatoms. The topological polar surface area (TPSA) is 71.1 Å². The van der Waals surface area contributed by atoms with Crippen molar-refractivity contribution in [2.75, 3.05) is 52.8 Å². The number of urea groups is 1. The van der Waals surface area contributed by atoms with Crippen LogP contribution in [0.1, 0.15) is 10.4 Å². The van der Waals surface area contributed by atoms with Crippen LogP contribution in [0.25, 0.3) is 0 Å². The second kappa shape index (κ2) is 8.21. The molecule has 1 atom stereocenters. The Morgan fingerprint density at radius 1 is 1.36 bits per heavy atom. The molecule has 1 aromatic carbocycles. The molecular formula is C16H21F2N3O4. The van der Waals surface area contributed by atoms with Crippen molar-refractivity contribution >= 4 is 17.7 Å². The number of nitrogens with one attached hydrogen (secondary N) is 1. The summed E-state index contributed by atoms with van der Waals surface area (Å²) in [5, 5.41) is 2.37. The Hall–Kier alpha value is -2.26. The number of methoxy groups -OCH3 is 1. The normalized spacial score (nSPS) is 17.5. The lowest BCUT2D eigenvalue weighted by atomic mass is 10.1. The van der Waals surface area contributed by atoms with Gasteiger partial charge in [0.2, 0.25) is 0 Å². The molecular weight excluding hydrogens is 336 g/mol. The van der Waals surface area contributed by atoms with Crippen LogP contribution in [-0.4, -0.2) is 75.4 Å². The van der Waals surface area contributed by atoms with Crippen LogP contribution >= 0.6 is 0 Å². The largest absolute Gasteiger partial charge is 0.465 e. The predicted octanol–water partition coefficient (Wildman–Crippen LogP) is 1.55. The van der Waals surface area contributed by atoms with Gasteiger partial charge < -0.3 is 24.6 Å². The number of hydrogen-bond acceptors (Lipinski definition) is 5. The highest BCUT2D eigenvalue weighted by Gasteiger charge is 2.26. The predicted molar refractivity (Wildman–Crippen MR) is 86.6 cm³/mol. The molecule has 0 aromatic heterocycles. The summed E-state index contributed by atoms with van der Waals surface area (Å²) in [4.78, 5) is 27.3. The molecule has 1 N–H and O–H groups in total. The number of carbonyl (C=O) groups is 2. The highest BCUT2D eigenvalue weighted by Crippen LogP contribution is 2.21. The fourth-order valence-corrected chi connectivity index (χ4v) is 2.53. The van der Waals surface area contributed by atoms with Gasteiger partial charge in [-0.05, 0) is 20.2 Å². The maximum Gasteiger partial charge on any atom is 0.340 e. The Morgan fingerprint density at radius 2 is 2.08 bits per heavy atom. The van der Waals surface area contributed by atoms with E-state index >= 15 is 0 Å². The number of ether oxygens (including phenoxy) is 2. The molecule has 1 saturated heterocycles. The van der Waals surface area contributed by atoms with Crippen LogP contribution in [0, 0.1) is 11.6 Å². The van der Waals surface area contributed by atoms with Gasteiger partial charge in [-0.1, -0.05) is 0 Å². The number of amides is 2. The van der Waals surface area contributed by atoms with E-state index in [-0.39, 0.29) is 11.8 Å². The van der Waals surface area contributed by atoms with Gasteiger partial charge in [-0.2, -0.15) is 0 Å². The monoisotopic (exact) mass is 357 g/mol. The highest BCUT2D eigenvalue weighted by molar-refractivity contribution is 5.94. The van der Waals surface area contributed by atoms with E-state index in [0.29, 0.717) is 32.3 Å². The number of nitrogens with zero attached hydrogens (tertiary/aromatic N) is 2. The first-order valence-corrected chi connectivity index (χ1v) is 7.71. The molecule has 2 rings (SSSR count). The van der Waals surface area contributed by atoms with Gasteiger partial charge in [-0.3, -0.25) is 0 Å². The third kappa shape index (κ3) is 4.86. The van der Waals surface area contributed by atoms with Crippen molar-refractivity contribution in [1.29, 1.82) is 0 Å². The fourth-order valence-electron chi connectivity index (χ4n) is 2.53. The van der Waals surface area contributed by atoms with Crippen LogP contribution in [0.2, 0.25) is 0 Å². The van der Waals surface area contributed by atoms with Crippen LogP contribution in [0.15, 0.2) is 12.1 Å². The summed E-state index contributed by atoms with van der Waals surface area (Å²) >= 11 is 0. The average molecular weight is 357 g/mol. The number of esters is 1. The Morgan fingerprint density at radius 3 is 2.72 bits per heavy atom. The van der Waals surface area contributed by atoms with Crippen molar-refractivity contribution in [1.82, 2.24) is 9.80 Å². The summed E-state index contributed by atoms with van der Waals surface area (Å²) in [6.07, 6.45) is -0.154. The van der Waals surface area contributed by atoms with Crippen LogP contribution in [0.4, 0.5) is 19.3 Å². The zero-order valence-electron chi connectivity index (χ0n) is 14.3. The molecule has 0 saturated carbocycles. The maximum absolute atomic E-state index is 13.9. The quantitative estimate of drug-likeness (QED) is 0.828. The van der Waals surface area contributed by atoms with Crippen LogP contribution < -0.4 is 5.32 Å². The lowest BCUT2D eigenvalue weighted by molar-refractivity contribution is -0.0229. The Balaban J connectivity index is 2.10. The van der Waals surface area contributed by atoms with Crippen molar-refractivity contribution in [3.05, 3.63) is 29.3 Å². The van der Waals surface area contributed by atoms with Crippen molar-refractivity contribution in [3.8, 4) is 0 Å². The molecule has 1 heterocycles. The average Bonchev–Trinajstić information content (AvgIpc) is 2.56. The zero-order valence-corrected chi connectivity index (χ0v) is 14.3. The smallest absolute Gasteiger partial charge is 0.340 e. The number of carbonyl (C=O) groups excluding carboxylic acids is 2. The number of likely N-dealkylation sites (N-methyl/N-ethyl adjacent to an activating group) is 1.